The molecule has 0 spiro atoms. The molecule has 0 saturated carbocycles. The number of hydrogen-bond acceptors (Lipinski definition) is 3. The minimum absolute atomic E-state index is 0.0457. The lowest BCUT2D eigenvalue weighted by Gasteiger charge is -2.22. The Morgan fingerprint density at radius 2 is 2.20 bits per heavy atom. The van der Waals surface area contributed by atoms with Crippen LogP contribution in [0.2, 0.25) is 0 Å². The summed E-state index contributed by atoms with van der Waals surface area (Å²) in [6.45, 7) is 3.42. The first-order valence-electron chi connectivity index (χ1n) is 4.97. The van der Waals surface area contributed by atoms with E-state index in [9.17, 15) is 13.2 Å². The second kappa shape index (κ2) is 5.68. The Kier molecular flexibility index (Phi) is 5.12. The highest BCUT2D eigenvalue weighted by atomic mass is 32.2. The average molecular weight is 259 g/mol. The van der Waals surface area contributed by atoms with Crippen LogP contribution in [0.1, 0.15) is 19.8 Å². The van der Waals surface area contributed by atoms with Gasteiger partial charge in [0.25, 0.3) is 0 Å². The summed E-state index contributed by atoms with van der Waals surface area (Å²) in [5.41, 5.74) is -4.09. The van der Waals surface area contributed by atoms with E-state index in [4.69, 9.17) is 0 Å². The Hall–Kier alpha value is 0.450. The first kappa shape index (κ1) is 13.5. The number of nitrogens with one attached hydrogen (secondary N) is 1. The second-order valence-electron chi connectivity index (χ2n) is 3.87. The Morgan fingerprint density at radius 1 is 1.47 bits per heavy atom. The molecule has 1 atom stereocenters. The van der Waals surface area contributed by atoms with Gasteiger partial charge in [0.15, 0.2) is 0 Å². The number of rotatable bonds is 5. The van der Waals surface area contributed by atoms with Crippen molar-refractivity contribution in [3.8, 4) is 0 Å². The molecule has 6 heteroatoms. The molecule has 0 aromatic carbocycles. The summed E-state index contributed by atoms with van der Waals surface area (Å²) >= 11 is 1.96. The van der Waals surface area contributed by atoms with Crippen LogP contribution in [0.3, 0.4) is 0 Å². The number of thioether (sulfide) groups is 2. The van der Waals surface area contributed by atoms with Crippen LogP contribution in [0.5, 0.6) is 0 Å². The van der Waals surface area contributed by atoms with Crippen LogP contribution in [0, 0.1) is 0 Å². The van der Waals surface area contributed by atoms with Gasteiger partial charge in [-0.25, -0.2) is 0 Å². The minimum atomic E-state index is -4.09. The Bertz CT molecular complexity index is 190. The zero-order valence-corrected chi connectivity index (χ0v) is 10.3. The fourth-order valence-corrected chi connectivity index (χ4v) is 3.32. The molecule has 0 aliphatic carbocycles. The van der Waals surface area contributed by atoms with Gasteiger partial charge in [-0.15, -0.1) is 0 Å². The summed E-state index contributed by atoms with van der Waals surface area (Å²) < 4.78 is 35.6. The lowest BCUT2D eigenvalue weighted by molar-refractivity contribution is -0.0327. The maximum absolute atomic E-state index is 11.8. The molecule has 0 radical (unpaired) electrons. The Morgan fingerprint density at radius 3 is 2.73 bits per heavy atom. The van der Waals surface area contributed by atoms with Crippen molar-refractivity contribution in [2.75, 3.05) is 24.6 Å². The van der Waals surface area contributed by atoms with Crippen LogP contribution >= 0.6 is 23.5 Å². The fourth-order valence-electron chi connectivity index (χ4n) is 1.57. The molecule has 0 amide bonds. The molecule has 1 saturated heterocycles. The molecule has 0 aromatic heterocycles. The van der Waals surface area contributed by atoms with Crippen LogP contribution in [0.15, 0.2) is 0 Å². The van der Waals surface area contributed by atoms with Crippen molar-refractivity contribution in [1.29, 1.82) is 0 Å². The van der Waals surface area contributed by atoms with Crippen LogP contribution in [0.25, 0.3) is 0 Å². The van der Waals surface area contributed by atoms with Gasteiger partial charge >= 0.3 is 5.51 Å². The van der Waals surface area contributed by atoms with E-state index in [1.54, 1.807) is 0 Å². The molecule has 1 aliphatic rings. The van der Waals surface area contributed by atoms with Crippen LogP contribution < -0.4 is 5.32 Å². The van der Waals surface area contributed by atoms with Gasteiger partial charge in [-0.05, 0) is 37.3 Å². The average Bonchev–Trinajstić information content (AvgIpc) is 2.50. The highest BCUT2D eigenvalue weighted by molar-refractivity contribution is 8.01. The molecule has 0 bridgehead atoms. The van der Waals surface area contributed by atoms with Gasteiger partial charge in [0.1, 0.15) is 0 Å². The Labute approximate surface area is 96.9 Å². The lowest BCUT2D eigenvalue weighted by atomic mass is 10.1. The number of halogens is 3. The van der Waals surface area contributed by atoms with Crippen molar-refractivity contribution in [3.63, 3.8) is 0 Å². The highest BCUT2D eigenvalue weighted by Gasteiger charge is 2.29. The number of hydrogen-bond donors (Lipinski definition) is 1. The first-order chi connectivity index (χ1) is 6.91. The van der Waals surface area contributed by atoms with Crippen molar-refractivity contribution in [1.82, 2.24) is 5.32 Å². The van der Waals surface area contributed by atoms with E-state index in [0.717, 1.165) is 13.0 Å². The molecule has 1 nitrogen and oxygen atoms in total. The molecule has 1 fully saturated rings. The van der Waals surface area contributed by atoms with Gasteiger partial charge in [0, 0.05) is 23.6 Å². The predicted octanol–water partition coefficient (Wildman–Crippen LogP) is 3.11. The molecule has 1 aliphatic heterocycles. The van der Waals surface area contributed by atoms with Crippen molar-refractivity contribution in [2.24, 2.45) is 0 Å². The third kappa shape index (κ3) is 5.92. The van der Waals surface area contributed by atoms with E-state index in [2.05, 4.69) is 12.2 Å². The van der Waals surface area contributed by atoms with Gasteiger partial charge in [-0.3, -0.25) is 0 Å². The molecule has 0 aromatic rings. The smallest absolute Gasteiger partial charge is 0.315 e. The Balaban J connectivity index is 2.02. The molecule has 1 heterocycles. The number of alkyl halides is 3. The van der Waals surface area contributed by atoms with E-state index in [1.807, 2.05) is 11.8 Å². The first-order valence-corrected chi connectivity index (χ1v) is 6.94. The van der Waals surface area contributed by atoms with E-state index >= 15 is 0 Å². The summed E-state index contributed by atoms with van der Waals surface area (Å²) in [6.07, 6.45) is 2.39. The molecule has 1 N–H and O–H groups in total. The summed E-state index contributed by atoms with van der Waals surface area (Å²) in [5, 5.41) is 3.10. The van der Waals surface area contributed by atoms with E-state index < -0.39 is 5.51 Å². The second-order valence-corrected chi connectivity index (χ2v) is 6.72. The molecular formula is C9H16F3NS2. The summed E-state index contributed by atoms with van der Waals surface area (Å²) in [4.78, 5) is 0. The summed E-state index contributed by atoms with van der Waals surface area (Å²) in [6, 6.07) is 0. The molecule has 90 valence electrons. The maximum Gasteiger partial charge on any atom is 0.441 e. The van der Waals surface area contributed by atoms with Crippen molar-refractivity contribution >= 4 is 23.5 Å². The van der Waals surface area contributed by atoms with Crippen LogP contribution in [-0.2, 0) is 0 Å². The van der Waals surface area contributed by atoms with Crippen molar-refractivity contribution in [2.45, 2.75) is 30.0 Å². The third-order valence-corrected chi connectivity index (χ3v) is 4.62. The highest BCUT2D eigenvalue weighted by Crippen LogP contribution is 2.37. The van der Waals surface area contributed by atoms with Crippen molar-refractivity contribution in [3.05, 3.63) is 0 Å². The van der Waals surface area contributed by atoms with E-state index in [0.29, 0.717) is 6.54 Å². The van der Waals surface area contributed by atoms with E-state index in [1.165, 1.54) is 12.2 Å². The maximum atomic E-state index is 11.8. The SMILES string of the molecule is CC1(CNCCSC(F)(F)F)CCCS1. The van der Waals surface area contributed by atoms with Gasteiger partial charge in [-0.1, -0.05) is 0 Å². The molecule has 1 unspecified atom stereocenters. The van der Waals surface area contributed by atoms with Gasteiger partial charge < -0.3 is 5.32 Å². The lowest BCUT2D eigenvalue weighted by Crippen LogP contribution is -2.34. The third-order valence-electron chi connectivity index (χ3n) is 2.34. The monoisotopic (exact) mass is 259 g/mol. The van der Waals surface area contributed by atoms with E-state index in [-0.39, 0.29) is 22.3 Å². The van der Waals surface area contributed by atoms with Crippen LogP contribution in [-0.4, -0.2) is 34.9 Å². The molecular weight excluding hydrogens is 243 g/mol. The van der Waals surface area contributed by atoms with Crippen molar-refractivity contribution < 1.29 is 13.2 Å². The predicted molar refractivity (Wildman–Crippen MR) is 61.5 cm³/mol. The fraction of sp³-hybridized carbons (Fsp3) is 1.00. The van der Waals surface area contributed by atoms with Crippen LogP contribution in [0.4, 0.5) is 13.2 Å². The topological polar surface area (TPSA) is 12.0 Å². The summed E-state index contributed by atoms with van der Waals surface area (Å²) in [5.74, 6) is 1.28. The largest absolute Gasteiger partial charge is 0.441 e. The standard InChI is InChI=1S/C9H16F3NS2/c1-8(3-2-5-14-8)7-13-4-6-15-9(10,11)12/h13H,2-7H2,1H3. The molecule has 15 heavy (non-hydrogen) atoms. The zero-order valence-electron chi connectivity index (χ0n) is 8.69. The van der Waals surface area contributed by atoms with Gasteiger partial charge in [0.05, 0.1) is 0 Å². The quantitative estimate of drug-likeness (QED) is 0.762. The zero-order chi connectivity index (χ0) is 11.4. The molecule has 1 rings (SSSR count). The minimum Gasteiger partial charge on any atom is -0.315 e. The summed E-state index contributed by atoms with van der Waals surface area (Å²) in [7, 11) is 0. The normalized spacial score (nSPS) is 27.2. The van der Waals surface area contributed by atoms with Gasteiger partial charge in [0.2, 0.25) is 0 Å². The van der Waals surface area contributed by atoms with Gasteiger partial charge in [-0.2, -0.15) is 24.9 Å².